The molecule has 2 fully saturated rings. The Bertz CT molecular complexity index is 1080. The minimum Gasteiger partial charge on any atom is -0.459 e. The number of ether oxygens (including phenoxy) is 1. The zero-order valence-electron chi connectivity index (χ0n) is 17.3. The van der Waals surface area contributed by atoms with Gasteiger partial charge in [0.05, 0.1) is 17.8 Å². The molecule has 0 unspecified atom stereocenters. The van der Waals surface area contributed by atoms with E-state index in [9.17, 15) is 0 Å². The van der Waals surface area contributed by atoms with Gasteiger partial charge in [-0.3, -0.25) is 4.98 Å². The van der Waals surface area contributed by atoms with Gasteiger partial charge >= 0.3 is 0 Å². The highest BCUT2D eigenvalue weighted by Crippen LogP contribution is 2.41. The van der Waals surface area contributed by atoms with Crippen molar-refractivity contribution in [2.75, 3.05) is 13.2 Å². The molecule has 0 radical (unpaired) electrons. The summed E-state index contributed by atoms with van der Waals surface area (Å²) in [6.45, 7) is 3.53. The number of halogens is 1. The van der Waals surface area contributed by atoms with Crippen LogP contribution in [0.3, 0.4) is 0 Å². The summed E-state index contributed by atoms with van der Waals surface area (Å²) in [7, 11) is 0. The second kappa shape index (κ2) is 8.61. The predicted octanol–water partition coefficient (Wildman–Crippen LogP) is 5.45. The van der Waals surface area contributed by atoms with Crippen molar-refractivity contribution in [3.8, 4) is 11.3 Å². The lowest BCUT2D eigenvalue weighted by Gasteiger charge is -2.28. The Morgan fingerprint density at radius 1 is 1.23 bits per heavy atom. The van der Waals surface area contributed by atoms with Crippen LogP contribution in [0.4, 0.5) is 0 Å². The Hall–Kier alpha value is -2.41. The summed E-state index contributed by atoms with van der Waals surface area (Å²) < 4.78 is 12.3. The molecule has 0 amide bonds. The molecule has 2 aliphatic rings. The lowest BCUT2D eigenvalue weighted by molar-refractivity contribution is 0.0818. The zero-order valence-corrected chi connectivity index (χ0v) is 18.8. The lowest BCUT2D eigenvalue weighted by atomic mass is 10.0. The van der Waals surface area contributed by atoms with E-state index in [0.29, 0.717) is 5.11 Å². The fraction of sp³-hybridized carbons (Fsp3) is 0.333. The number of nitrogens with zero attached hydrogens (tertiary/aromatic N) is 2. The van der Waals surface area contributed by atoms with Crippen molar-refractivity contribution in [3.63, 3.8) is 0 Å². The van der Waals surface area contributed by atoms with Gasteiger partial charge in [-0.15, -0.1) is 0 Å². The predicted molar refractivity (Wildman–Crippen MR) is 125 cm³/mol. The molecule has 160 valence electrons. The van der Waals surface area contributed by atoms with Gasteiger partial charge in [0.25, 0.3) is 0 Å². The summed E-state index contributed by atoms with van der Waals surface area (Å²) >= 11 is 12.1. The van der Waals surface area contributed by atoms with Gasteiger partial charge in [-0.05, 0) is 67.9 Å². The lowest BCUT2D eigenvalue weighted by Crippen LogP contribution is -2.36. The maximum Gasteiger partial charge on any atom is 0.170 e. The second-order valence-electron chi connectivity index (χ2n) is 8.08. The van der Waals surface area contributed by atoms with Gasteiger partial charge in [0.15, 0.2) is 5.11 Å². The molecular formula is C24H24ClN3O2S. The number of hydrogen-bond donors (Lipinski definition) is 1. The van der Waals surface area contributed by atoms with Gasteiger partial charge in [-0.1, -0.05) is 29.8 Å². The van der Waals surface area contributed by atoms with Crippen molar-refractivity contribution in [2.24, 2.45) is 0 Å². The SMILES string of the molecule is Cc1ccc(-c2ccc([C@@H]3[C@H](c4ccccn4)NC(=S)N3C[C@@H]3CCCO3)o2)cc1Cl. The van der Waals surface area contributed by atoms with Crippen molar-refractivity contribution < 1.29 is 9.15 Å². The highest BCUT2D eigenvalue weighted by Gasteiger charge is 2.42. The van der Waals surface area contributed by atoms with Gasteiger partial charge < -0.3 is 19.4 Å². The number of benzene rings is 1. The Morgan fingerprint density at radius 2 is 2.13 bits per heavy atom. The van der Waals surface area contributed by atoms with E-state index in [1.54, 1.807) is 0 Å². The zero-order chi connectivity index (χ0) is 21.4. The minimum atomic E-state index is -0.110. The first-order valence-electron chi connectivity index (χ1n) is 10.6. The molecule has 1 aromatic carbocycles. The van der Waals surface area contributed by atoms with Crippen LogP contribution in [0.1, 0.15) is 41.9 Å². The van der Waals surface area contributed by atoms with E-state index in [4.69, 9.17) is 33.0 Å². The number of nitrogens with one attached hydrogen (secondary N) is 1. The summed E-state index contributed by atoms with van der Waals surface area (Å²) in [6.07, 6.45) is 4.12. The Labute approximate surface area is 192 Å². The second-order valence-corrected chi connectivity index (χ2v) is 8.87. The van der Waals surface area contributed by atoms with E-state index in [2.05, 4.69) is 15.2 Å². The number of hydrogen-bond acceptors (Lipinski definition) is 4. The maximum atomic E-state index is 6.37. The average Bonchev–Trinajstić information content (AvgIpc) is 3.52. The van der Waals surface area contributed by atoms with Gasteiger partial charge in [0.2, 0.25) is 0 Å². The molecule has 0 aliphatic carbocycles. The monoisotopic (exact) mass is 453 g/mol. The smallest absolute Gasteiger partial charge is 0.170 e. The average molecular weight is 454 g/mol. The fourth-order valence-corrected chi connectivity index (χ4v) is 4.83. The Kier molecular flexibility index (Phi) is 5.69. The van der Waals surface area contributed by atoms with E-state index >= 15 is 0 Å². The summed E-state index contributed by atoms with van der Waals surface area (Å²) in [5.41, 5.74) is 2.93. The van der Waals surface area contributed by atoms with Gasteiger partial charge in [0, 0.05) is 29.9 Å². The highest BCUT2D eigenvalue weighted by molar-refractivity contribution is 7.80. The van der Waals surface area contributed by atoms with Crippen LogP contribution in [0.25, 0.3) is 11.3 Å². The van der Waals surface area contributed by atoms with Crippen LogP contribution in [0.2, 0.25) is 5.02 Å². The van der Waals surface area contributed by atoms with Crippen LogP contribution in [0, 0.1) is 6.92 Å². The van der Waals surface area contributed by atoms with E-state index < -0.39 is 0 Å². The normalized spacial score (nSPS) is 23.4. The molecule has 31 heavy (non-hydrogen) atoms. The molecule has 4 heterocycles. The van der Waals surface area contributed by atoms with Crippen molar-refractivity contribution in [2.45, 2.75) is 38.0 Å². The van der Waals surface area contributed by atoms with Crippen LogP contribution in [-0.2, 0) is 4.74 Å². The Balaban J connectivity index is 1.50. The number of aryl methyl sites for hydroxylation is 1. The third kappa shape index (κ3) is 4.07. The first-order valence-corrected chi connectivity index (χ1v) is 11.3. The summed E-state index contributed by atoms with van der Waals surface area (Å²) in [6, 6.07) is 15.7. The molecule has 0 spiro atoms. The first-order chi connectivity index (χ1) is 15.1. The molecule has 3 aromatic rings. The van der Waals surface area contributed by atoms with E-state index in [1.807, 2.05) is 61.7 Å². The molecule has 0 saturated carbocycles. The molecule has 0 bridgehead atoms. The van der Waals surface area contributed by atoms with E-state index in [1.165, 1.54) is 0 Å². The van der Waals surface area contributed by atoms with Gasteiger partial charge in [-0.2, -0.15) is 0 Å². The van der Waals surface area contributed by atoms with Gasteiger partial charge in [-0.25, -0.2) is 0 Å². The maximum absolute atomic E-state index is 6.37. The largest absolute Gasteiger partial charge is 0.459 e. The van der Waals surface area contributed by atoms with Crippen molar-refractivity contribution in [1.82, 2.24) is 15.2 Å². The third-order valence-electron chi connectivity index (χ3n) is 6.00. The first kappa shape index (κ1) is 20.5. The number of aromatic nitrogens is 1. The van der Waals surface area contributed by atoms with Crippen LogP contribution in [0.15, 0.2) is 59.1 Å². The molecule has 3 atom stereocenters. The summed E-state index contributed by atoms with van der Waals surface area (Å²) in [4.78, 5) is 6.77. The van der Waals surface area contributed by atoms with Crippen LogP contribution in [-0.4, -0.2) is 34.3 Å². The molecule has 5 rings (SSSR count). The number of thiocarbonyl (C=S) groups is 1. The van der Waals surface area contributed by atoms with Crippen molar-refractivity contribution in [1.29, 1.82) is 0 Å². The number of furan rings is 1. The van der Waals surface area contributed by atoms with Crippen LogP contribution >= 0.6 is 23.8 Å². The molecule has 2 aliphatic heterocycles. The van der Waals surface area contributed by atoms with Gasteiger partial charge in [0.1, 0.15) is 17.6 Å². The number of pyridine rings is 1. The molecule has 5 nitrogen and oxygen atoms in total. The molecule has 2 aromatic heterocycles. The molecule has 7 heteroatoms. The molecular weight excluding hydrogens is 430 g/mol. The standard InChI is InChI=1S/C24H24ClN3O2S/c1-15-7-8-16(13-18(15)25)20-9-10-21(30-20)23-22(19-6-2-3-11-26-19)27-24(31)28(23)14-17-5-4-12-29-17/h2-3,6-11,13,17,22-23H,4-5,12,14H2,1H3,(H,27,31)/t17-,22-,23+/m0/s1. The number of rotatable bonds is 5. The summed E-state index contributed by atoms with van der Waals surface area (Å²) in [5, 5.41) is 4.90. The van der Waals surface area contributed by atoms with Crippen LogP contribution < -0.4 is 5.32 Å². The molecule has 1 N–H and O–H groups in total. The van der Waals surface area contributed by atoms with Crippen molar-refractivity contribution in [3.05, 3.63) is 76.8 Å². The summed E-state index contributed by atoms with van der Waals surface area (Å²) in [5.74, 6) is 1.62. The fourth-order valence-electron chi connectivity index (χ4n) is 4.33. The van der Waals surface area contributed by atoms with Crippen LogP contribution in [0.5, 0.6) is 0 Å². The molecule has 2 saturated heterocycles. The van der Waals surface area contributed by atoms with E-state index in [0.717, 1.165) is 59.4 Å². The topological polar surface area (TPSA) is 50.5 Å². The van der Waals surface area contributed by atoms with E-state index in [-0.39, 0.29) is 18.2 Å². The third-order valence-corrected chi connectivity index (χ3v) is 6.76. The minimum absolute atomic E-state index is 0.101. The van der Waals surface area contributed by atoms with Crippen molar-refractivity contribution >= 4 is 28.9 Å². The quantitative estimate of drug-likeness (QED) is 0.518. The Morgan fingerprint density at radius 3 is 2.87 bits per heavy atom. The highest BCUT2D eigenvalue weighted by atomic mass is 35.5.